The van der Waals surface area contributed by atoms with E-state index in [1.54, 1.807) is 0 Å². The van der Waals surface area contributed by atoms with Gasteiger partial charge in [-0.2, -0.15) is 0 Å². The fourth-order valence-electron chi connectivity index (χ4n) is 4.26. The van der Waals surface area contributed by atoms with E-state index in [2.05, 4.69) is 47.4 Å². The van der Waals surface area contributed by atoms with Gasteiger partial charge in [-0.3, -0.25) is 4.79 Å². The normalized spacial score (nSPS) is 15.5. The summed E-state index contributed by atoms with van der Waals surface area (Å²) in [5.74, 6) is 0. The molecule has 1 fully saturated rings. The number of anilines is 1. The highest BCUT2D eigenvalue weighted by molar-refractivity contribution is 5.85. The van der Waals surface area contributed by atoms with Crippen LogP contribution in [0, 0.1) is 0 Å². The van der Waals surface area contributed by atoms with Crippen molar-refractivity contribution < 1.29 is 9.21 Å². The van der Waals surface area contributed by atoms with Crippen LogP contribution in [0.5, 0.6) is 0 Å². The van der Waals surface area contributed by atoms with Crippen LogP contribution in [-0.4, -0.2) is 19.4 Å². The van der Waals surface area contributed by atoms with Crippen molar-refractivity contribution in [3.63, 3.8) is 0 Å². The van der Waals surface area contributed by atoms with E-state index in [0.717, 1.165) is 52.1 Å². The van der Waals surface area contributed by atoms with Crippen LogP contribution in [0.3, 0.4) is 0 Å². The molecule has 0 saturated carbocycles. The van der Waals surface area contributed by atoms with Crippen molar-refractivity contribution in [3.8, 4) is 0 Å². The van der Waals surface area contributed by atoms with Gasteiger partial charge in [0.1, 0.15) is 17.1 Å². The van der Waals surface area contributed by atoms with Gasteiger partial charge in [-0.05, 0) is 54.7 Å². The zero-order valence-corrected chi connectivity index (χ0v) is 17.5. The highest BCUT2D eigenvalue weighted by Gasteiger charge is 2.10. The number of benzene rings is 3. The molecule has 2 heterocycles. The molecule has 0 aliphatic carbocycles. The second-order valence-corrected chi connectivity index (χ2v) is 8.09. The first-order chi connectivity index (χ1) is 15.3. The molecular weight excluding hydrogens is 382 g/mol. The third-order valence-corrected chi connectivity index (χ3v) is 5.96. The lowest BCUT2D eigenvalue weighted by atomic mass is 10.1. The molecule has 0 amide bonds. The average molecular weight is 408 g/mol. The van der Waals surface area contributed by atoms with E-state index in [-0.39, 0.29) is 0 Å². The first kappa shape index (κ1) is 19.4. The predicted molar refractivity (Wildman–Crippen MR) is 127 cm³/mol. The van der Waals surface area contributed by atoms with Gasteiger partial charge in [-0.15, -0.1) is 0 Å². The van der Waals surface area contributed by atoms with E-state index in [4.69, 9.17) is 4.42 Å². The Balaban J connectivity index is 1.53. The molecule has 0 atom stereocenters. The molecule has 0 unspecified atom stereocenters. The Hall–Kier alpha value is -3.59. The van der Waals surface area contributed by atoms with Gasteiger partial charge in [-0.1, -0.05) is 60.7 Å². The number of aldehydes is 1. The summed E-state index contributed by atoms with van der Waals surface area (Å²) < 4.78 is 6.29. The largest absolute Gasteiger partial charge is 0.456 e. The predicted octanol–water partition coefficient (Wildman–Crippen LogP) is 4.89. The Morgan fingerprint density at radius 1 is 0.645 bits per heavy atom. The second-order valence-electron chi connectivity index (χ2n) is 8.09. The molecule has 1 saturated heterocycles. The highest BCUT2D eigenvalue weighted by atomic mass is 16.3. The molecule has 3 nitrogen and oxygen atoms in total. The first-order valence-corrected chi connectivity index (χ1v) is 10.9. The van der Waals surface area contributed by atoms with E-state index in [0.29, 0.717) is 5.56 Å². The molecule has 3 heteroatoms. The summed E-state index contributed by atoms with van der Waals surface area (Å²) in [6.45, 7) is 2.30. The first-order valence-electron chi connectivity index (χ1n) is 10.9. The highest BCUT2D eigenvalue weighted by Crippen LogP contribution is 2.20. The van der Waals surface area contributed by atoms with Crippen molar-refractivity contribution in [1.82, 2.24) is 0 Å². The van der Waals surface area contributed by atoms with Crippen molar-refractivity contribution in [2.75, 3.05) is 18.0 Å². The fraction of sp³-hybridized carbons (Fsp3) is 0.179. The maximum Gasteiger partial charge on any atom is 0.150 e. The Kier molecular flexibility index (Phi) is 5.40. The maximum absolute atomic E-state index is 10.9. The summed E-state index contributed by atoms with van der Waals surface area (Å²) in [5.41, 5.74) is 5.78. The van der Waals surface area contributed by atoms with Crippen LogP contribution >= 0.6 is 0 Å². The van der Waals surface area contributed by atoms with E-state index >= 15 is 0 Å². The van der Waals surface area contributed by atoms with Gasteiger partial charge in [0.25, 0.3) is 0 Å². The molecule has 0 radical (unpaired) electrons. The molecule has 0 bridgehead atoms. The number of hydrogen-bond donors (Lipinski definition) is 0. The van der Waals surface area contributed by atoms with Gasteiger partial charge in [-0.25, -0.2) is 0 Å². The molecule has 4 aromatic rings. The number of fused-ring (bicyclic) bond motifs is 1. The van der Waals surface area contributed by atoms with Crippen LogP contribution in [0.1, 0.15) is 40.7 Å². The van der Waals surface area contributed by atoms with Crippen molar-refractivity contribution in [2.24, 2.45) is 0 Å². The van der Waals surface area contributed by atoms with Gasteiger partial charge in [0.2, 0.25) is 0 Å². The second kappa shape index (κ2) is 8.65. The Labute approximate surface area is 181 Å². The monoisotopic (exact) mass is 407 g/mol. The number of hydrogen-bond acceptors (Lipinski definition) is 3. The smallest absolute Gasteiger partial charge is 0.150 e. The lowest BCUT2D eigenvalue weighted by molar-refractivity contribution is 0.112. The third-order valence-electron chi connectivity index (χ3n) is 5.96. The topological polar surface area (TPSA) is 33.5 Å². The minimum Gasteiger partial charge on any atom is -0.456 e. The van der Waals surface area contributed by atoms with Crippen LogP contribution in [0.15, 0.2) is 77.2 Å². The van der Waals surface area contributed by atoms with Crippen LogP contribution in [0.25, 0.3) is 22.9 Å². The molecule has 5 rings (SSSR count). The van der Waals surface area contributed by atoms with Gasteiger partial charge < -0.3 is 9.32 Å². The quantitative estimate of drug-likeness (QED) is 0.452. The molecule has 1 aliphatic heterocycles. The summed E-state index contributed by atoms with van der Waals surface area (Å²) >= 11 is 0. The molecule has 1 aromatic heterocycles. The SMILES string of the molecule is O=Cc1ccc(/C=c2\o/c(=C\c3ccc(N4CCCCC4)cc3)c3ccccc23)cc1. The Morgan fingerprint density at radius 2 is 1.16 bits per heavy atom. The number of furan rings is 1. The number of carbonyl (C=O) groups is 1. The summed E-state index contributed by atoms with van der Waals surface area (Å²) in [5, 5.41) is 2.18. The number of carbonyl (C=O) groups excluding carboxylic acids is 1. The van der Waals surface area contributed by atoms with E-state index in [1.165, 1.54) is 24.9 Å². The van der Waals surface area contributed by atoms with Gasteiger partial charge in [0.15, 0.2) is 0 Å². The summed E-state index contributed by atoms with van der Waals surface area (Å²) in [6, 6.07) is 24.5. The van der Waals surface area contributed by atoms with Gasteiger partial charge in [0.05, 0.1) is 0 Å². The van der Waals surface area contributed by atoms with Gasteiger partial charge in [0, 0.05) is 35.1 Å². The zero-order chi connectivity index (χ0) is 21.0. The molecular formula is C28H25NO2. The van der Waals surface area contributed by atoms with Gasteiger partial charge >= 0.3 is 0 Å². The molecule has 0 spiro atoms. The zero-order valence-electron chi connectivity index (χ0n) is 17.5. The maximum atomic E-state index is 10.9. The molecule has 31 heavy (non-hydrogen) atoms. The number of nitrogens with zero attached hydrogens (tertiary/aromatic N) is 1. The van der Waals surface area contributed by atoms with Crippen molar-refractivity contribution in [3.05, 3.63) is 100 Å². The average Bonchev–Trinajstić information content (AvgIpc) is 3.18. The fourth-order valence-corrected chi connectivity index (χ4v) is 4.26. The van der Waals surface area contributed by atoms with Crippen molar-refractivity contribution in [2.45, 2.75) is 19.3 Å². The summed E-state index contributed by atoms with van der Waals surface area (Å²) in [7, 11) is 0. The lowest BCUT2D eigenvalue weighted by Crippen LogP contribution is -2.29. The molecule has 0 N–H and O–H groups in total. The minimum atomic E-state index is 0.670. The van der Waals surface area contributed by atoms with Crippen molar-refractivity contribution in [1.29, 1.82) is 0 Å². The Morgan fingerprint density at radius 3 is 1.71 bits per heavy atom. The van der Waals surface area contributed by atoms with Crippen LogP contribution in [0.2, 0.25) is 0 Å². The molecule has 3 aromatic carbocycles. The number of rotatable bonds is 4. The van der Waals surface area contributed by atoms with Crippen molar-refractivity contribution >= 4 is 34.9 Å². The van der Waals surface area contributed by atoms with Crippen LogP contribution in [0.4, 0.5) is 5.69 Å². The van der Waals surface area contributed by atoms with E-state index in [1.807, 2.05) is 42.5 Å². The molecule has 154 valence electrons. The third kappa shape index (κ3) is 4.17. The minimum absolute atomic E-state index is 0.670. The molecule has 1 aliphatic rings. The van der Waals surface area contributed by atoms with Crippen LogP contribution in [-0.2, 0) is 0 Å². The lowest BCUT2D eigenvalue weighted by Gasteiger charge is -2.28. The van der Waals surface area contributed by atoms with E-state index in [9.17, 15) is 4.79 Å². The number of piperidine rings is 1. The van der Waals surface area contributed by atoms with E-state index < -0.39 is 0 Å². The Bertz CT molecular complexity index is 1310. The standard InChI is InChI=1S/C28H25NO2/c30-20-23-10-8-21(9-11-23)18-27-25-6-2-3-7-26(25)28(31-27)19-22-12-14-24(15-13-22)29-16-4-1-5-17-29/h2-3,6-15,18-20H,1,4-5,16-17H2/b27-18-,28-19-. The van der Waals surface area contributed by atoms with Crippen LogP contribution < -0.4 is 15.7 Å². The summed E-state index contributed by atoms with van der Waals surface area (Å²) in [4.78, 5) is 13.4. The summed E-state index contributed by atoms with van der Waals surface area (Å²) in [6.07, 6.45) is 8.89.